The van der Waals surface area contributed by atoms with Gasteiger partial charge in [0.25, 0.3) is 5.91 Å². The summed E-state index contributed by atoms with van der Waals surface area (Å²) in [5.41, 5.74) is 7.52. The maximum absolute atomic E-state index is 13.0. The van der Waals surface area contributed by atoms with Gasteiger partial charge in [0, 0.05) is 10.4 Å². The number of thiophene rings is 1. The van der Waals surface area contributed by atoms with Gasteiger partial charge in [0.2, 0.25) is 5.91 Å². The van der Waals surface area contributed by atoms with Crippen molar-refractivity contribution in [3.05, 3.63) is 40.8 Å². The summed E-state index contributed by atoms with van der Waals surface area (Å²) in [5.74, 6) is -2.87. The third-order valence-corrected chi connectivity index (χ3v) is 7.15. The molecule has 1 aromatic carbocycles. The van der Waals surface area contributed by atoms with Crippen LogP contribution in [0.1, 0.15) is 34.5 Å². The van der Waals surface area contributed by atoms with Crippen LogP contribution >= 0.6 is 11.3 Å². The number of carbonyl (C=O) groups is 3. The van der Waals surface area contributed by atoms with Crippen LogP contribution in [0.3, 0.4) is 0 Å². The lowest BCUT2D eigenvalue weighted by Gasteiger charge is -2.26. The molecule has 0 radical (unpaired) electrons. The molecule has 1 aromatic heterocycles. The minimum Gasteiger partial charge on any atom is -0.481 e. The Morgan fingerprint density at radius 2 is 1.75 bits per heavy atom. The largest absolute Gasteiger partial charge is 0.481 e. The van der Waals surface area contributed by atoms with Crippen LogP contribution < -0.4 is 11.1 Å². The molecule has 4 rings (SSSR count). The van der Waals surface area contributed by atoms with Gasteiger partial charge in [-0.15, -0.1) is 11.3 Å². The number of nitrogens with two attached hydrogens (primary N) is 1. The zero-order chi connectivity index (χ0) is 20.0. The van der Waals surface area contributed by atoms with Crippen molar-refractivity contribution in [2.45, 2.75) is 26.2 Å². The highest BCUT2D eigenvalue weighted by Crippen LogP contribution is 2.53. The first-order valence-corrected chi connectivity index (χ1v) is 10.2. The van der Waals surface area contributed by atoms with E-state index >= 15 is 0 Å². The number of benzene rings is 1. The molecule has 4 N–H and O–H groups in total. The molecule has 2 aromatic rings. The molecule has 1 heterocycles. The molecule has 0 unspecified atom stereocenters. The predicted octanol–water partition coefficient (Wildman–Crippen LogP) is 3.51. The van der Waals surface area contributed by atoms with E-state index in [1.165, 1.54) is 11.3 Å². The quantitative estimate of drug-likeness (QED) is 0.716. The van der Waals surface area contributed by atoms with E-state index in [0.29, 0.717) is 5.00 Å². The first kappa shape index (κ1) is 18.7. The van der Waals surface area contributed by atoms with E-state index < -0.39 is 23.7 Å². The molecule has 2 aliphatic rings. The maximum atomic E-state index is 13.0. The second-order valence-corrected chi connectivity index (χ2v) is 8.90. The normalized spacial score (nSPS) is 25.6. The lowest BCUT2D eigenvalue weighted by molar-refractivity contribution is -0.148. The fourth-order valence-corrected chi connectivity index (χ4v) is 6.12. The number of anilines is 1. The molecule has 146 valence electrons. The molecule has 2 fully saturated rings. The number of carboxylic acids is 1. The van der Waals surface area contributed by atoms with Gasteiger partial charge in [-0.2, -0.15) is 0 Å². The number of primary amides is 1. The molecule has 2 amide bonds. The van der Waals surface area contributed by atoms with Crippen LogP contribution in [0.15, 0.2) is 30.3 Å². The molecule has 2 aliphatic carbocycles. The third kappa shape index (κ3) is 2.99. The van der Waals surface area contributed by atoms with Crippen LogP contribution in [0.25, 0.3) is 11.1 Å². The van der Waals surface area contributed by atoms with Crippen LogP contribution in [-0.2, 0) is 9.59 Å². The molecule has 28 heavy (non-hydrogen) atoms. The van der Waals surface area contributed by atoms with E-state index in [1.807, 2.05) is 37.3 Å². The van der Waals surface area contributed by atoms with Crippen molar-refractivity contribution in [3.8, 4) is 11.1 Å². The van der Waals surface area contributed by atoms with Gasteiger partial charge in [0.15, 0.2) is 0 Å². The van der Waals surface area contributed by atoms with Crippen molar-refractivity contribution >= 4 is 34.1 Å². The average molecular weight is 398 g/mol. The Morgan fingerprint density at radius 1 is 1.11 bits per heavy atom. The SMILES string of the molecule is Cc1sc(NC(=O)[C@H]2[C@H]3CC[C@@H](C3)[C@H]2C(=O)O)c(C(N)=O)c1-c1ccccc1. The smallest absolute Gasteiger partial charge is 0.307 e. The fraction of sp³-hybridized carbons (Fsp3) is 0.381. The maximum Gasteiger partial charge on any atom is 0.307 e. The number of nitrogens with one attached hydrogen (secondary N) is 1. The van der Waals surface area contributed by atoms with Gasteiger partial charge < -0.3 is 16.2 Å². The van der Waals surface area contributed by atoms with Crippen LogP contribution in [0.4, 0.5) is 5.00 Å². The lowest BCUT2D eigenvalue weighted by atomic mass is 9.78. The highest BCUT2D eigenvalue weighted by atomic mass is 32.1. The van der Waals surface area contributed by atoms with Gasteiger partial charge in [0.1, 0.15) is 5.00 Å². The monoisotopic (exact) mass is 398 g/mol. The molecule has 0 spiro atoms. The van der Waals surface area contributed by atoms with Gasteiger partial charge in [-0.1, -0.05) is 30.3 Å². The minimum absolute atomic E-state index is 0.0683. The number of carbonyl (C=O) groups excluding carboxylic acids is 2. The Kier molecular flexibility index (Phi) is 4.71. The van der Waals surface area contributed by atoms with Gasteiger partial charge in [-0.3, -0.25) is 14.4 Å². The zero-order valence-electron chi connectivity index (χ0n) is 15.5. The van der Waals surface area contributed by atoms with Crippen molar-refractivity contribution in [2.24, 2.45) is 29.4 Å². The summed E-state index contributed by atoms with van der Waals surface area (Å²) in [6, 6.07) is 9.43. The van der Waals surface area contributed by atoms with Crippen LogP contribution in [0, 0.1) is 30.6 Å². The van der Waals surface area contributed by atoms with Crippen LogP contribution in [0.2, 0.25) is 0 Å². The van der Waals surface area contributed by atoms with E-state index in [-0.39, 0.29) is 23.3 Å². The number of hydrogen-bond acceptors (Lipinski definition) is 4. The first-order valence-electron chi connectivity index (χ1n) is 9.40. The molecule has 0 saturated heterocycles. The second kappa shape index (κ2) is 7.05. The number of aliphatic carboxylic acids is 1. The van der Waals surface area contributed by atoms with E-state index in [2.05, 4.69) is 5.32 Å². The number of aryl methyl sites for hydroxylation is 1. The topological polar surface area (TPSA) is 109 Å². The van der Waals surface area contributed by atoms with Gasteiger partial charge >= 0.3 is 5.97 Å². The lowest BCUT2D eigenvalue weighted by Crippen LogP contribution is -2.38. The summed E-state index contributed by atoms with van der Waals surface area (Å²) < 4.78 is 0. The zero-order valence-corrected chi connectivity index (χ0v) is 16.3. The summed E-state index contributed by atoms with van der Waals surface area (Å²) in [7, 11) is 0. The Hall–Kier alpha value is -2.67. The summed E-state index contributed by atoms with van der Waals surface area (Å²) in [5, 5.41) is 12.9. The second-order valence-electron chi connectivity index (χ2n) is 7.68. The number of amides is 2. The standard InChI is InChI=1S/C21H22N2O4S/c1-10-14(11-5-3-2-4-6-11)17(18(22)24)20(28-10)23-19(25)15-12-7-8-13(9-12)16(15)21(26)27/h2-6,12-13,15-16H,7-9H2,1H3,(H2,22,24)(H,23,25)(H,26,27)/t12-,13-,15-,16+/m0/s1. The summed E-state index contributed by atoms with van der Waals surface area (Å²) in [4.78, 5) is 37.8. The number of rotatable bonds is 5. The van der Waals surface area contributed by atoms with Crippen molar-refractivity contribution < 1.29 is 19.5 Å². The van der Waals surface area contributed by atoms with Crippen molar-refractivity contribution in [3.63, 3.8) is 0 Å². The number of fused-ring (bicyclic) bond motifs is 2. The molecule has 2 saturated carbocycles. The molecular weight excluding hydrogens is 376 g/mol. The minimum atomic E-state index is -0.908. The van der Waals surface area contributed by atoms with Gasteiger partial charge in [0.05, 0.1) is 17.4 Å². The van der Waals surface area contributed by atoms with E-state index in [9.17, 15) is 19.5 Å². The molecular formula is C21H22N2O4S. The highest BCUT2D eigenvalue weighted by Gasteiger charge is 2.54. The molecule has 0 aliphatic heterocycles. The molecule has 6 nitrogen and oxygen atoms in total. The summed E-state index contributed by atoms with van der Waals surface area (Å²) in [6.45, 7) is 1.88. The Labute approximate surface area is 166 Å². The first-order chi connectivity index (χ1) is 13.4. The Bertz CT molecular complexity index is 953. The summed E-state index contributed by atoms with van der Waals surface area (Å²) >= 11 is 1.30. The predicted molar refractivity (Wildman–Crippen MR) is 107 cm³/mol. The van der Waals surface area contributed by atoms with Crippen molar-refractivity contribution in [2.75, 3.05) is 5.32 Å². The van der Waals surface area contributed by atoms with Crippen LogP contribution in [-0.4, -0.2) is 22.9 Å². The van der Waals surface area contributed by atoms with Crippen LogP contribution in [0.5, 0.6) is 0 Å². The van der Waals surface area contributed by atoms with Crippen molar-refractivity contribution in [1.82, 2.24) is 0 Å². The Balaban J connectivity index is 1.68. The number of hydrogen-bond donors (Lipinski definition) is 3. The highest BCUT2D eigenvalue weighted by molar-refractivity contribution is 7.17. The van der Waals surface area contributed by atoms with E-state index in [1.54, 1.807) is 0 Å². The van der Waals surface area contributed by atoms with E-state index in [0.717, 1.165) is 35.3 Å². The average Bonchev–Trinajstić information content (AvgIpc) is 3.34. The molecule has 4 atom stereocenters. The van der Waals surface area contributed by atoms with E-state index in [4.69, 9.17) is 5.73 Å². The van der Waals surface area contributed by atoms with Crippen molar-refractivity contribution in [1.29, 1.82) is 0 Å². The Morgan fingerprint density at radius 3 is 2.36 bits per heavy atom. The third-order valence-electron chi connectivity index (χ3n) is 6.13. The summed E-state index contributed by atoms with van der Waals surface area (Å²) in [6.07, 6.45) is 2.54. The molecule has 7 heteroatoms. The molecule has 2 bridgehead atoms. The van der Waals surface area contributed by atoms with Gasteiger partial charge in [-0.25, -0.2) is 0 Å². The number of carboxylic acid groups (broad SMARTS) is 1. The van der Waals surface area contributed by atoms with Gasteiger partial charge in [-0.05, 0) is 43.6 Å². The fourth-order valence-electron chi connectivity index (χ4n) is 5.04.